The summed E-state index contributed by atoms with van der Waals surface area (Å²) < 4.78 is 5.69. The maximum absolute atomic E-state index is 12.4. The largest absolute Gasteiger partial charge is 0.489 e. The zero-order valence-corrected chi connectivity index (χ0v) is 13.2. The van der Waals surface area contributed by atoms with Gasteiger partial charge in [0.15, 0.2) is 0 Å². The number of nitrogens with zero attached hydrogens (tertiary/aromatic N) is 2. The third-order valence-corrected chi connectivity index (χ3v) is 4.01. The topological polar surface area (TPSA) is 73.6 Å². The molecule has 24 heavy (non-hydrogen) atoms. The number of amides is 1. The van der Waals surface area contributed by atoms with E-state index in [0.717, 1.165) is 5.56 Å². The highest BCUT2D eigenvalue weighted by Crippen LogP contribution is 2.17. The van der Waals surface area contributed by atoms with E-state index >= 15 is 0 Å². The molecule has 2 aromatic rings. The highest BCUT2D eigenvalue weighted by molar-refractivity contribution is 5.94. The second-order valence-electron chi connectivity index (χ2n) is 5.82. The Hall–Kier alpha value is -2.84. The molecule has 1 N–H and O–H groups in total. The zero-order valence-electron chi connectivity index (χ0n) is 13.2. The first kappa shape index (κ1) is 16.0. The molecule has 1 heterocycles. The maximum atomic E-state index is 12.4. The van der Waals surface area contributed by atoms with Crippen LogP contribution in [0.2, 0.25) is 0 Å². The summed E-state index contributed by atoms with van der Waals surface area (Å²) in [7, 11) is 0. The summed E-state index contributed by atoms with van der Waals surface area (Å²) in [6.45, 7) is 1.33. The third-order valence-electron chi connectivity index (χ3n) is 4.01. The number of hydrogen-bond donors (Lipinski definition) is 1. The number of nitriles is 1. The van der Waals surface area contributed by atoms with Gasteiger partial charge in [0.1, 0.15) is 12.4 Å². The van der Waals surface area contributed by atoms with Crippen LogP contribution >= 0.6 is 0 Å². The SMILES string of the molecule is N#Cc1ccc(OCc2cccc(C(=O)N3CC[C@@H](O)C3)c2)cc1. The van der Waals surface area contributed by atoms with Crippen molar-refractivity contribution in [2.75, 3.05) is 13.1 Å². The van der Waals surface area contributed by atoms with Gasteiger partial charge in [-0.3, -0.25) is 4.79 Å². The van der Waals surface area contributed by atoms with Crippen LogP contribution in [0.3, 0.4) is 0 Å². The quantitative estimate of drug-likeness (QED) is 0.937. The second kappa shape index (κ2) is 7.16. The summed E-state index contributed by atoms with van der Waals surface area (Å²) in [5, 5.41) is 18.3. The van der Waals surface area contributed by atoms with Gasteiger partial charge in [0, 0.05) is 18.7 Å². The van der Waals surface area contributed by atoms with Gasteiger partial charge < -0.3 is 14.7 Å². The number of hydrogen-bond acceptors (Lipinski definition) is 4. The number of benzene rings is 2. The average Bonchev–Trinajstić information content (AvgIpc) is 3.06. The van der Waals surface area contributed by atoms with Gasteiger partial charge >= 0.3 is 0 Å². The van der Waals surface area contributed by atoms with Crippen molar-refractivity contribution in [2.45, 2.75) is 19.1 Å². The molecule has 1 atom stereocenters. The summed E-state index contributed by atoms with van der Waals surface area (Å²) in [4.78, 5) is 14.1. The van der Waals surface area contributed by atoms with Gasteiger partial charge in [-0.05, 0) is 48.4 Å². The highest BCUT2D eigenvalue weighted by Gasteiger charge is 2.25. The molecule has 122 valence electrons. The molecule has 5 nitrogen and oxygen atoms in total. The van der Waals surface area contributed by atoms with Gasteiger partial charge in [-0.2, -0.15) is 5.26 Å². The molecular formula is C19H18N2O3. The number of carbonyl (C=O) groups is 1. The van der Waals surface area contributed by atoms with Crippen molar-refractivity contribution in [2.24, 2.45) is 0 Å². The molecule has 0 radical (unpaired) electrons. The molecule has 5 heteroatoms. The minimum absolute atomic E-state index is 0.0632. The molecule has 1 aliphatic rings. The third kappa shape index (κ3) is 3.73. The Bertz CT molecular complexity index is 765. The summed E-state index contributed by atoms with van der Waals surface area (Å²) in [5.41, 5.74) is 2.08. The van der Waals surface area contributed by atoms with Crippen molar-refractivity contribution in [3.63, 3.8) is 0 Å². The number of likely N-dealkylation sites (tertiary alicyclic amines) is 1. The first-order valence-corrected chi connectivity index (χ1v) is 7.85. The van der Waals surface area contributed by atoms with Crippen LogP contribution in [0, 0.1) is 11.3 Å². The van der Waals surface area contributed by atoms with Crippen molar-refractivity contribution in [1.82, 2.24) is 4.90 Å². The van der Waals surface area contributed by atoms with Crippen LogP contribution in [-0.4, -0.2) is 35.1 Å². The Labute approximate surface area is 140 Å². The Morgan fingerprint density at radius 2 is 2.08 bits per heavy atom. The Morgan fingerprint density at radius 1 is 1.29 bits per heavy atom. The van der Waals surface area contributed by atoms with Crippen LogP contribution in [-0.2, 0) is 6.61 Å². The number of carbonyl (C=O) groups excluding carboxylic acids is 1. The number of rotatable bonds is 4. The summed E-state index contributed by atoms with van der Waals surface area (Å²) in [5.74, 6) is 0.611. The molecule has 1 fully saturated rings. The van der Waals surface area contributed by atoms with E-state index < -0.39 is 6.10 Å². The molecule has 0 aromatic heterocycles. The molecular weight excluding hydrogens is 304 g/mol. The zero-order chi connectivity index (χ0) is 16.9. The van der Waals surface area contributed by atoms with Crippen LogP contribution in [0.15, 0.2) is 48.5 Å². The first-order chi connectivity index (χ1) is 11.7. The molecule has 0 saturated carbocycles. The van der Waals surface area contributed by atoms with Crippen molar-refractivity contribution >= 4 is 5.91 Å². The van der Waals surface area contributed by atoms with Crippen LogP contribution in [0.25, 0.3) is 0 Å². The van der Waals surface area contributed by atoms with Crippen LogP contribution < -0.4 is 4.74 Å². The van der Waals surface area contributed by atoms with E-state index in [-0.39, 0.29) is 5.91 Å². The first-order valence-electron chi connectivity index (χ1n) is 7.85. The lowest BCUT2D eigenvalue weighted by molar-refractivity contribution is 0.0765. The van der Waals surface area contributed by atoms with Crippen molar-refractivity contribution in [3.8, 4) is 11.8 Å². The summed E-state index contributed by atoms with van der Waals surface area (Å²) >= 11 is 0. The van der Waals surface area contributed by atoms with Crippen LogP contribution in [0.4, 0.5) is 0 Å². The lowest BCUT2D eigenvalue weighted by Crippen LogP contribution is -2.29. The number of aliphatic hydroxyl groups excluding tert-OH is 1. The number of aliphatic hydroxyl groups is 1. The Balaban J connectivity index is 1.64. The smallest absolute Gasteiger partial charge is 0.253 e. The van der Waals surface area contributed by atoms with E-state index in [4.69, 9.17) is 10.00 Å². The molecule has 0 spiro atoms. The Morgan fingerprint density at radius 3 is 2.75 bits per heavy atom. The molecule has 0 bridgehead atoms. The summed E-state index contributed by atoms with van der Waals surface area (Å²) in [6, 6.07) is 16.3. The van der Waals surface area contributed by atoms with E-state index in [1.807, 2.05) is 18.2 Å². The lowest BCUT2D eigenvalue weighted by Gasteiger charge is -2.16. The van der Waals surface area contributed by atoms with Crippen molar-refractivity contribution < 1.29 is 14.6 Å². The molecule has 0 aliphatic carbocycles. The predicted molar refractivity (Wildman–Crippen MR) is 88.5 cm³/mol. The Kier molecular flexibility index (Phi) is 4.78. The van der Waals surface area contributed by atoms with Crippen molar-refractivity contribution in [3.05, 3.63) is 65.2 Å². The van der Waals surface area contributed by atoms with Gasteiger partial charge in [-0.15, -0.1) is 0 Å². The number of β-amino-alcohol motifs (C(OH)–C–C–N with tert-alkyl or cyclic N) is 1. The molecule has 3 rings (SSSR count). The minimum Gasteiger partial charge on any atom is -0.489 e. The number of ether oxygens (including phenoxy) is 1. The van der Waals surface area contributed by atoms with E-state index in [0.29, 0.717) is 43.0 Å². The van der Waals surface area contributed by atoms with Gasteiger partial charge in [0.25, 0.3) is 5.91 Å². The van der Waals surface area contributed by atoms with E-state index in [1.165, 1.54) is 0 Å². The molecule has 1 amide bonds. The average molecular weight is 322 g/mol. The van der Waals surface area contributed by atoms with Gasteiger partial charge in [-0.25, -0.2) is 0 Å². The van der Waals surface area contributed by atoms with Crippen LogP contribution in [0.5, 0.6) is 5.75 Å². The minimum atomic E-state index is -0.420. The second-order valence-corrected chi connectivity index (χ2v) is 5.82. The molecule has 1 aliphatic heterocycles. The molecule has 2 aromatic carbocycles. The van der Waals surface area contributed by atoms with Gasteiger partial charge in [0.05, 0.1) is 17.7 Å². The molecule has 1 saturated heterocycles. The molecule has 0 unspecified atom stereocenters. The fourth-order valence-electron chi connectivity index (χ4n) is 2.70. The maximum Gasteiger partial charge on any atom is 0.253 e. The van der Waals surface area contributed by atoms with Gasteiger partial charge in [0.2, 0.25) is 0 Å². The summed E-state index contributed by atoms with van der Waals surface area (Å²) in [6.07, 6.45) is 0.213. The standard InChI is InChI=1S/C19H18N2O3/c20-11-14-4-6-18(7-5-14)24-13-15-2-1-3-16(10-15)19(23)21-9-8-17(22)12-21/h1-7,10,17,22H,8-9,12-13H2/t17-/m1/s1. The van der Waals surface area contributed by atoms with E-state index in [2.05, 4.69) is 6.07 Å². The monoisotopic (exact) mass is 322 g/mol. The fourth-order valence-corrected chi connectivity index (χ4v) is 2.70. The van der Waals surface area contributed by atoms with E-state index in [9.17, 15) is 9.90 Å². The lowest BCUT2D eigenvalue weighted by atomic mass is 10.1. The van der Waals surface area contributed by atoms with E-state index in [1.54, 1.807) is 35.2 Å². The predicted octanol–water partition coefficient (Wildman–Crippen LogP) is 2.34. The normalized spacial score (nSPS) is 16.7. The van der Waals surface area contributed by atoms with Crippen molar-refractivity contribution in [1.29, 1.82) is 5.26 Å². The fraction of sp³-hybridized carbons (Fsp3) is 0.263. The van der Waals surface area contributed by atoms with Crippen LogP contribution in [0.1, 0.15) is 27.9 Å². The van der Waals surface area contributed by atoms with Gasteiger partial charge in [-0.1, -0.05) is 12.1 Å². The highest BCUT2D eigenvalue weighted by atomic mass is 16.5.